The quantitative estimate of drug-likeness (QED) is 0.906. The summed E-state index contributed by atoms with van der Waals surface area (Å²) in [5.74, 6) is -0.239. The van der Waals surface area contributed by atoms with Crippen molar-refractivity contribution in [1.29, 1.82) is 0 Å². The van der Waals surface area contributed by atoms with Crippen molar-refractivity contribution in [3.8, 4) is 0 Å². The molecule has 16 heavy (non-hydrogen) atoms. The summed E-state index contributed by atoms with van der Waals surface area (Å²) < 4.78 is 13.5. The van der Waals surface area contributed by atoms with Crippen molar-refractivity contribution < 1.29 is 4.39 Å². The van der Waals surface area contributed by atoms with Crippen LogP contribution in [0.5, 0.6) is 0 Å². The number of rotatable bonds is 4. The van der Waals surface area contributed by atoms with Crippen molar-refractivity contribution in [2.24, 2.45) is 0 Å². The summed E-state index contributed by atoms with van der Waals surface area (Å²) in [6.45, 7) is 1.41. The van der Waals surface area contributed by atoms with Gasteiger partial charge in [-0.2, -0.15) is 0 Å². The van der Waals surface area contributed by atoms with Crippen LogP contribution >= 0.6 is 15.9 Å². The van der Waals surface area contributed by atoms with Crippen LogP contribution < -0.4 is 5.32 Å². The molecule has 0 amide bonds. The number of benzene rings is 1. The highest BCUT2D eigenvalue weighted by molar-refractivity contribution is 9.10. The van der Waals surface area contributed by atoms with E-state index in [0.717, 1.165) is 17.8 Å². The van der Waals surface area contributed by atoms with Gasteiger partial charge >= 0.3 is 0 Å². The molecule has 84 valence electrons. The summed E-state index contributed by atoms with van der Waals surface area (Å²) >= 11 is 3.16. The molecule has 0 fully saturated rings. The molecule has 0 radical (unpaired) electrons. The van der Waals surface area contributed by atoms with Crippen LogP contribution in [0.3, 0.4) is 0 Å². The van der Waals surface area contributed by atoms with Gasteiger partial charge in [0.25, 0.3) is 0 Å². The van der Waals surface area contributed by atoms with E-state index in [0.29, 0.717) is 11.0 Å². The normalized spacial score (nSPS) is 10.6. The van der Waals surface area contributed by atoms with E-state index in [1.54, 1.807) is 24.7 Å². The Bertz CT molecular complexity index is 456. The maximum Gasteiger partial charge on any atom is 0.137 e. The predicted octanol–water partition coefficient (Wildman–Crippen LogP) is 2.60. The molecule has 0 saturated carbocycles. The first kappa shape index (κ1) is 11.3. The second kappa shape index (κ2) is 5.23. The van der Waals surface area contributed by atoms with Gasteiger partial charge in [0.05, 0.1) is 10.8 Å². The first-order valence-electron chi connectivity index (χ1n) is 4.87. The number of aromatic amines is 1. The van der Waals surface area contributed by atoms with E-state index in [1.165, 1.54) is 6.07 Å². The van der Waals surface area contributed by atoms with Crippen LogP contribution in [-0.2, 0) is 13.1 Å². The molecule has 0 aliphatic rings. The van der Waals surface area contributed by atoms with E-state index in [4.69, 9.17) is 0 Å². The van der Waals surface area contributed by atoms with Crippen molar-refractivity contribution >= 4 is 15.9 Å². The SMILES string of the molecule is Fc1ccc(CNCc2cnc[nH]2)cc1Br. The van der Waals surface area contributed by atoms with Gasteiger partial charge in [-0.3, -0.25) is 0 Å². The van der Waals surface area contributed by atoms with Gasteiger partial charge in [-0.1, -0.05) is 6.07 Å². The minimum absolute atomic E-state index is 0.239. The van der Waals surface area contributed by atoms with Crippen LogP contribution in [0.4, 0.5) is 4.39 Å². The Morgan fingerprint density at radius 1 is 1.38 bits per heavy atom. The largest absolute Gasteiger partial charge is 0.347 e. The summed E-state index contributed by atoms with van der Waals surface area (Å²) in [5, 5.41) is 3.24. The lowest BCUT2D eigenvalue weighted by atomic mass is 10.2. The molecule has 1 aromatic carbocycles. The van der Waals surface area contributed by atoms with E-state index in [9.17, 15) is 4.39 Å². The van der Waals surface area contributed by atoms with Crippen LogP contribution in [-0.4, -0.2) is 9.97 Å². The van der Waals surface area contributed by atoms with Crippen molar-refractivity contribution in [3.05, 3.63) is 52.3 Å². The molecule has 0 atom stereocenters. The maximum absolute atomic E-state index is 13.0. The first-order chi connectivity index (χ1) is 7.75. The van der Waals surface area contributed by atoms with Gasteiger partial charge in [-0.25, -0.2) is 9.37 Å². The molecular formula is C11H11BrFN3. The molecule has 0 aliphatic carbocycles. The Labute approximate surface area is 101 Å². The second-order valence-corrected chi connectivity index (χ2v) is 4.28. The fraction of sp³-hybridized carbons (Fsp3) is 0.182. The predicted molar refractivity (Wildman–Crippen MR) is 63.2 cm³/mol. The standard InChI is InChI=1S/C11H11BrFN3/c12-10-3-8(1-2-11(10)13)4-14-5-9-6-15-7-16-9/h1-3,6-7,14H,4-5H2,(H,15,16). The van der Waals surface area contributed by atoms with Crippen molar-refractivity contribution in [1.82, 2.24) is 15.3 Å². The average Bonchev–Trinajstić information content (AvgIpc) is 2.76. The molecule has 1 aromatic heterocycles. The van der Waals surface area contributed by atoms with E-state index >= 15 is 0 Å². The zero-order valence-corrected chi connectivity index (χ0v) is 10.1. The van der Waals surface area contributed by atoms with Gasteiger partial charge in [0.15, 0.2) is 0 Å². The van der Waals surface area contributed by atoms with Gasteiger partial charge in [-0.05, 0) is 33.6 Å². The highest BCUT2D eigenvalue weighted by atomic mass is 79.9. The second-order valence-electron chi connectivity index (χ2n) is 3.43. The molecule has 2 N–H and O–H groups in total. The Morgan fingerprint density at radius 3 is 2.94 bits per heavy atom. The number of nitrogens with zero attached hydrogens (tertiary/aromatic N) is 1. The fourth-order valence-electron chi connectivity index (χ4n) is 1.37. The number of hydrogen-bond donors (Lipinski definition) is 2. The Hall–Kier alpha value is -1.20. The van der Waals surface area contributed by atoms with Crippen LogP contribution in [0, 0.1) is 5.82 Å². The van der Waals surface area contributed by atoms with Gasteiger partial charge in [0, 0.05) is 25.0 Å². The molecule has 1 heterocycles. The van der Waals surface area contributed by atoms with E-state index in [-0.39, 0.29) is 5.82 Å². The third-order valence-electron chi connectivity index (χ3n) is 2.18. The lowest BCUT2D eigenvalue weighted by molar-refractivity contribution is 0.617. The summed E-state index contributed by atoms with van der Waals surface area (Å²) in [6, 6.07) is 4.99. The molecule has 0 saturated heterocycles. The number of imidazole rings is 1. The number of nitrogens with one attached hydrogen (secondary N) is 2. The van der Waals surface area contributed by atoms with E-state index in [2.05, 4.69) is 31.2 Å². The minimum atomic E-state index is -0.239. The Morgan fingerprint density at radius 2 is 2.25 bits per heavy atom. The van der Waals surface area contributed by atoms with Crippen LogP contribution in [0.25, 0.3) is 0 Å². The van der Waals surface area contributed by atoms with Gasteiger partial charge in [-0.15, -0.1) is 0 Å². The molecule has 0 spiro atoms. The Balaban J connectivity index is 1.87. The van der Waals surface area contributed by atoms with Crippen LogP contribution in [0.2, 0.25) is 0 Å². The topological polar surface area (TPSA) is 40.7 Å². The number of H-pyrrole nitrogens is 1. The fourth-order valence-corrected chi connectivity index (χ4v) is 1.80. The molecular weight excluding hydrogens is 273 g/mol. The average molecular weight is 284 g/mol. The van der Waals surface area contributed by atoms with Gasteiger partial charge in [0.2, 0.25) is 0 Å². The lowest BCUT2D eigenvalue weighted by Crippen LogP contribution is -2.12. The smallest absolute Gasteiger partial charge is 0.137 e. The first-order valence-corrected chi connectivity index (χ1v) is 5.67. The molecule has 0 aliphatic heterocycles. The molecule has 0 unspecified atom stereocenters. The molecule has 2 aromatic rings. The van der Waals surface area contributed by atoms with Crippen molar-refractivity contribution in [3.63, 3.8) is 0 Å². The molecule has 5 heteroatoms. The van der Waals surface area contributed by atoms with Crippen molar-refractivity contribution in [2.75, 3.05) is 0 Å². The van der Waals surface area contributed by atoms with Crippen molar-refractivity contribution in [2.45, 2.75) is 13.1 Å². The number of halogens is 2. The summed E-state index contributed by atoms with van der Waals surface area (Å²) in [4.78, 5) is 6.92. The van der Waals surface area contributed by atoms with E-state index in [1.807, 2.05) is 0 Å². The summed E-state index contributed by atoms with van der Waals surface area (Å²) in [7, 11) is 0. The zero-order chi connectivity index (χ0) is 11.4. The Kier molecular flexibility index (Phi) is 3.69. The zero-order valence-electron chi connectivity index (χ0n) is 8.50. The number of aromatic nitrogens is 2. The molecule has 0 bridgehead atoms. The monoisotopic (exact) mass is 283 g/mol. The highest BCUT2D eigenvalue weighted by Crippen LogP contribution is 2.16. The third kappa shape index (κ3) is 2.90. The lowest BCUT2D eigenvalue weighted by Gasteiger charge is -2.04. The molecule has 2 rings (SSSR count). The molecule has 3 nitrogen and oxygen atoms in total. The minimum Gasteiger partial charge on any atom is -0.347 e. The van der Waals surface area contributed by atoms with Gasteiger partial charge in [0.1, 0.15) is 5.82 Å². The van der Waals surface area contributed by atoms with Gasteiger partial charge < -0.3 is 10.3 Å². The van der Waals surface area contributed by atoms with E-state index < -0.39 is 0 Å². The highest BCUT2D eigenvalue weighted by Gasteiger charge is 2.00. The summed E-state index contributed by atoms with van der Waals surface area (Å²) in [5.41, 5.74) is 2.06. The third-order valence-corrected chi connectivity index (χ3v) is 2.79. The van der Waals surface area contributed by atoms with Crippen LogP contribution in [0.15, 0.2) is 35.2 Å². The number of hydrogen-bond acceptors (Lipinski definition) is 2. The summed E-state index contributed by atoms with van der Waals surface area (Å²) in [6.07, 6.45) is 3.42. The van der Waals surface area contributed by atoms with Crippen LogP contribution in [0.1, 0.15) is 11.3 Å². The maximum atomic E-state index is 13.0.